The van der Waals surface area contributed by atoms with Gasteiger partial charge in [0.05, 0.1) is 5.56 Å². The maximum Gasteiger partial charge on any atom is 0.418 e. The summed E-state index contributed by atoms with van der Waals surface area (Å²) in [5.74, 6) is 0. The lowest BCUT2D eigenvalue weighted by Crippen LogP contribution is -2.60. The van der Waals surface area contributed by atoms with E-state index in [1.54, 1.807) is 0 Å². The van der Waals surface area contributed by atoms with E-state index in [1.807, 2.05) is 4.90 Å². The summed E-state index contributed by atoms with van der Waals surface area (Å²) in [5, 5.41) is 0. The molecule has 91 valence electrons. The fourth-order valence-electron chi connectivity index (χ4n) is 2.85. The van der Waals surface area contributed by atoms with Gasteiger partial charge in [0, 0.05) is 24.2 Å². The highest BCUT2D eigenvalue weighted by molar-refractivity contribution is 5.57. The van der Waals surface area contributed by atoms with Crippen molar-refractivity contribution in [3.05, 3.63) is 29.8 Å². The number of nitrogens with zero attached hydrogens (tertiary/aromatic N) is 1. The standard InChI is InChI=1S/C13H13F3N/c14-13(15,16)10-4-1-2-5-11(10)17-8-12(9-17)6-3-7-12/h1,4-5H,3,6-9H2. The first-order valence-corrected chi connectivity index (χ1v) is 5.83. The topological polar surface area (TPSA) is 3.24 Å². The molecule has 4 heteroatoms. The Morgan fingerprint density at radius 3 is 2.47 bits per heavy atom. The molecule has 17 heavy (non-hydrogen) atoms. The molecule has 1 radical (unpaired) electrons. The largest absolute Gasteiger partial charge is 0.418 e. The highest BCUT2D eigenvalue weighted by atomic mass is 19.4. The lowest BCUT2D eigenvalue weighted by atomic mass is 9.63. The first-order valence-electron chi connectivity index (χ1n) is 5.83. The van der Waals surface area contributed by atoms with Crippen LogP contribution in [0.4, 0.5) is 18.9 Å². The summed E-state index contributed by atoms with van der Waals surface area (Å²) in [6, 6.07) is 6.63. The molecule has 2 fully saturated rings. The fraction of sp³-hybridized carbons (Fsp3) is 0.538. The lowest BCUT2D eigenvalue weighted by Gasteiger charge is -2.57. The van der Waals surface area contributed by atoms with Gasteiger partial charge < -0.3 is 4.90 Å². The Bertz CT molecular complexity index is 427. The molecule has 1 nitrogen and oxygen atoms in total. The number of rotatable bonds is 1. The average molecular weight is 240 g/mol. The summed E-state index contributed by atoms with van der Waals surface area (Å²) in [7, 11) is 0. The van der Waals surface area contributed by atoms with Crippen LogP contribution in [0.2, 0.25) is 0 Å². The zero-order valence-electron chi connectivity index (χ0n) is 9.35. The molecule has 1 aromatic rings. The molecule has 0 N–H and O–H groups in total. The quantitative estimate of drug-likeness (QED) is 0.726. The molecule has 3 rings (SSSR count). The molecule has 1 aliphatic carbocycles. The number of hydrogen-bond donors (Lipinski definition) is 0. The van der Waals surface area contributed by atoms with Crippen LogP contribution in [0.25, 0.3) is 0 Å². The molecule has 0 bridgehead atoms. The highest BCUT2D eigenvalue weighted by Crippen LogP contribution is 2.51. The van der Waals surface area contributed by atoms with E-state index in [9.17, 15) is 13.2 Å². The monoisotopic (exact) mass is 240 g/mol. The second-order valence-electron chi connectivity index (χ2n) is 5.15. The molecule has 0 unspecified atom stereocenters. The van der Waals surface area contributed by atoms with Crippen LogP contribution in [0, 0.1) is 11.5 Å². The predicted molar refractivity (Wildman–Crippen MR) is 58.8 cm³/mol. The number of hydrogen-bond acceptors (Lipinski definition) is 1. The second kappa shape index (κ2) is 3.40. The smallest absolute Gasteiger partial charge is 0.370 e. The highest BCUT2D eigenvalue weighted by Gasteiger charge is 2.48. The van der Waals surface area contributed by atoms with Gasteiger partial charge in [-0.15, -0.1) is 0 Å². The summed E-state index contributed by atoms with van der Waals surface area (Å²) in [5.41, 5.74) is 0.0848. The SMILES string of the molecule is FC(F)(F)c1cc[c]cc1N1CC2(CCC2)C1. The number of halogens is 3. The molecular weight excluding hydrogens is 227 g/mol. The molecule has 1 aliphatic heterocycles. The molecular formula is C13H13F3N. The lowest BCUT2D eigenvalue weighted by molar-refractivity contribution is -0.137. The Labute approximate surface area is 98.2 Å². The Hall–Kier alpha value is -1.19. The van der Waals surface area contributed by atoms with Gasteiger partial charge in [0.15, 0.2) is 0 Å². The van der Waals surface area contributed by atoms with Crippen LogP contribution in [-0.2, 0) is 6.18 Å². The molecule has 2 aliphatic rings. The molecule has 0 amide bonds. The van der Waals surface area contributed by atoms with Crippen LogP contribution in [0.15, 0.2) is 18.2 Å². The van der Waals surface area contributed by atoms with Crippen LogP contribution >= 0.6 is 0 Å². The fourth-order valence-corrected chi connectivity index (χ4v) is 2.85. The normalized spacial score (nSPS) is 22.2. The van der Waals surface area contributed by atoms with E-state index in [0.717, 1.165) is 19.2 Å². The van der Waals surface area contributed by atoms with Gasteiger partial charge in [0.25, 0.3) is 0 Å². The predicted octanol–water partition coefficient (Wildman–Crippen LogP) is 3.50. The zero-order chi connectivity index (χ0) is 12.1. The van der Waals surface area contributed by atoms with Gasteiger partial charge in [0.1, 0.15) is 0 Å². The van der Waals surface area contributed by atoms with E-state index in [4.69, 9.17) is 0 Å². The van der Waals surface area contributed by atoms with Gasteiger partial charge in [-0.25, -0.2) is 0 Å². The zero-order valence-corrected chi connectivity index (χ0v) is 9.35. The van der Waals surface area contributed by atoms with Crippen LogP contribution < -0.4 is 4.90 Å². The van der Waals surface area contributed by atoms with Gasteiger partial charge >= 0.3 is 6.18 Å². The van der Waals surface area contributed by atoms with Crippen molar-refractivity contribution in [2.45, 2.75) is 25.4 Å². The van der Waals surface area contributed by atoms with Crippen molar-refractivity contribution in [2.75, 3.05) is 18.0 Å². The van der Waals surface area contributed by atoms with Crippen molar-refractivity contribution in [1.82, 2.24) is 0 Å². The van der Waals surface area contributed by atoms with E-state index in [0.29, 0.717) is 5.41 Å². The van der Waals surface area contributed by atoms with Gasteiger partial charge in [-0.3, -0.25) is 0 Å². The molecule has 1 saturated carbocycles. The van der Waals surface area contributed by atoms with Crippen LogP contribution in [0.5, 0.6) is 0 Å². The minimum Gasteiger partial charge on any atom is -0.370 e. The Morgan fingerprint density at radius 2 is 1.94 bits per heavy atom. The van der Waals surface area contributed by atoms with E-state index in [1.165, 1.54) is 31.4 Å². The third-order valence-electron chi connectivity index (χ3n) is 3.96. The van der Waals surface area contributed by atoms with Crippen molar-refractivity contribution in [1.29, 1.82) is 0 Å². The van der Waals surface area contributed by atoms with Crippen LogP contribution in [0.3, 0.4) is 0 Å². The first-order chi connectivity index (χ1) is 8.00. The maximum absolute atomic E-state index is 12.8. The van der Waals surface area contributed by atoms with E-state index in [2.05, 4.69) is 6.07 Å². The Balaban J connectivity index is 1.84. The summed E-state index contributed by atoms with van der Waals surface area (Å²) >= 11 is 0. The Kier molecular flexibility index (Phi) is 2.19. The number of alkyl halides is 3. The summed E-state index contributed by atoms with van der Waals surface area (Å²) in [6.45, 7) is 1.54. The second-order valence-corrected chi connectivity index (χ2v) is 5.15. The minimum absolute atomic E-state index is 0.289. The third kappa shape index (κ3) is 1.70. The van der Waals surface area contributed by atoms with Crippen molar-refractivity contribution in [2.24, 2.45) is 5.41 Å². The van der Waals surface area contributed by atoms with Crippen LogP contribution in [-0.4, -0.2) is 13.1 Å². The van der Waals surface area contributed by atoms with Gasteiger partial charge in [-0.1, -0.05) is 12.5 Å². The molecule has 1 spiro atoms. The van der Waals surface area contributed by atoms with Crippen molar-refractivity contribution in [3.63, 3.8) is 0 Å². The molecule has 1 aromatic carbocycles. The van der Waals surface area contributed by atoms with Gasteiger partial charge in [0.2, 0.25) is 0 Å². The van der Waals surface area contributed by atoms with Gasteiger partial charge in [-0.05, 0) is 31.0 Å². The maximum atomic E-state index is 12.8. The van der Waals surface area contributed by atoms with E-state index >= 15 is 0 Å². The number of benzene rings is 1. The third-order valence-corrected chi connectivity index (χ3v) is 3.96. The molecule has 1 heterocycles. The summed E-state index contributed by atoms with van der Waals surface area (Å²) < 4.78 is 38.5. The van der Waals surface area contributed by atoms with E-state index < -0.39 is 11.7 Å². The van der Waals surface area contributed by atoms with Crippen molar-refractivity contribution in [3.8, 4) is 0 Å². The minimum atomic E-state index is -4.27. The van der Waals surface area contributed by atoms with Gasteiger partial charge in [-0.2, -0.15) is 13.2 Å². The van der Waals surface area contributed by atoms with Crippen molar-refractivity contribution < 1.29 is 13.2 Å². The van der Waals surface area contributed by atoms with E-state index in [-0.39, 0.29) is 5.69 Å². The molecule has 1 saturated heterocycles. The first kappa shape index (κ1) is 10.9. The molecule has 0 atom stereocenters. The summed E-state index contributed by atoms with van der Waals surface area (Å²) in [4.78, 5) is 1.83. The van der Waals surface area contributed by atoms with Crippen molar-refractivity contribution >= 4 is 5.69 Å². The average Bonchev–Trinajstić information content (AvgIpc) is 2.12. The summed E-state index contributed by atoms with van der Waals surface area (Å²) in [6.07, 6.45) is -0.712. The van der Waals surface area contributed by atoms with Crippen LogP contribution in [0.1, 0.15) is 24.8 Å². The number of anilines is 1. The Morgan fingerprint density at radius 1 is 1.24 bits per heavy atom. The molecule has 0 aromatic heterocycles.